The quantitative estimate of drug-likeness (QED) is 0.598. The zero-order valence-electron chi connectivity index (χ0n) is 15.1. The van der Waals surface area contributed by atoms with Crippen LogP contribution in [-0.2, 0) is 12.8 Å². The van der Waals surface area contributed by atoms with Gasteiger partial charge in [0.15, 0.2) is 11.5 Å². The molecular formula is C20H32O3. The third-order valence-electron chi connectivity index (χ3n) is 5.13. The molecule has 1 aliphatic rings. The molecule has 0 aliphatic heterocycles. The van der Waals surface area contributed by atoms with Gasteiger partial charge >= 0.3 is 0 Å². The van der Waals surface area contributed by atoms with Crippen LogP contribution in [-0.4, -0.2) is 15.3 Å². The summed E-state index contributed by atoms with van der Waals surface area (Å²) in [6.07, 6.45) is 8.47. The van der Waals surface area contributed by atoms with Crippen molar-refractivity contribution in [2.75, 3.05) is 0 Å². The molecule has 0 bridgehead atoms. The van der Waals surface area contributed by atoms with Crippen LogP contribution in [0.25, 0.3) is 0 Å². The topological polar surface area (TPSA) is 60.7 Å². The Morgan fingerprint density at radius 3 is 2.22 bits per heavy atom. The molecule has 0 atom stereocenters. The molecule has 3 nitrogen and oxygen atoms in total. The van der Waals surface area contributed by atoms with Gasteiger partial charge in [-0.1, -0.05) is 27.7 Å². The molecule has 1 aromatic rings. The van der Waals surface area contributed by atoms with Gasteiger partial charge in [-0.05, 0) is 73.8 Å². The van der Waals surface area contributed by atoms with E-state index in [1.165, 1.54) is 12.8 Å². The molecule has 0 heterocycles. The van der Waals surface area contributed by atoms with Crippen LogP contribution in [0.2, 0.25) is 0 Å². The van der Waals surface area contributed by atoms with E-state index in [0.717, 1.165) is 49.7 Å². The van der Waals surface area contributed by atoms with Gasteiger partial charge in [-0.2, -0.15) is 0 Å². The van der Waals surface area contributed by atoms with Crippen LogP contribution < -0.4 is 0 Å². The number of benzene rings is 1. The lowest BCUT2D eigenvalue weighted by molar-refractivity contribution is 0.357. The van der Waals surface area contributed by atoms with E-state index >= 15 is 0 Å². The van der Waals surface area contributed by atoms with Crippen molar-refractivity contribution in [1.82, 2.24) is 0 Å². The van der Waals surface area contributed by atoms with Crippen molar-refractivity contribution in [3.63, 3.8) is 0 Å². The molecule has 3 heteroatoms. The van der Waals surface area contributed by atoms with Crippen LogP contribution in [0.1, 0.15) is 77.3 Å². The van der Waals surface area contributed by atoms with E-state index in [2.05, 4.69) is 27.7 Å². The molecular weight excluding hydrogens is 288 g/mol. The summed E-state index contributed by atoms with van der Waals surface area (Å²) >= 11 is 0. The molecule has 0 spiro atoms. The van der Waals surface area contributed by atoms with Crippen molar-refractivity contribution in [2.24, 2.45) is 10.8 Å². The zero-order valence-corrected chi connectivity index (χ0v) is 15.1. The van der Waals surface area contributed by atoms with Crippen molar-refractivity contribution in [3.8, 4) is 17.2 Å². The fraction of sp³-hybridized carbons (Fsp3) is 0.700. The predicted octanol–water partition coefficient (Wildman–Crippen LogP) is 5.30. The van der Waals surface area contributed by atoms with Crippen LogP contribution in [0.15, 0.2) is 6.07 Å². The van der Waals surface area contributed by atoms with Gasteiger partial charge in [0.2, 0.25) is 5.75 Å². The predicted molar refractivity (Wildman–Crippen MR) is 94.1 cm³/mol. The second kappa shape index (κ2) is 6.62. The van der Waals surface area contributed by atoms with Gasteiger partial charge in [-0.25, -0.2) is 0 Å². The lowest BCUT2D eigenvalue weighted by atomic mass is 9.87. The summed E-state index contributed by atoms with van der Waals surface area (Å²) < 4.78 is 0. The van der Waals surface area contributed by atoms with Crippen molar-refractivity contribution in [2.45, 2.75) is 79.1 Å². The number of hydrogen-bond donors (Lipinski definition) is 3. The minimum absolute atomic E-state index is 0.128. The van der Waals surface area contributed by atoms with Crippen molar-refractivity contribution < 1.29 is 15.3 Å². The van der Waals surface area contributed by atoms with Gasteiger partial charge in [0.05, 0.1) is 0 Å². The van der Waals surface area contributed by atoms with E-state index in [0.29, 0.717) is 5.41 Å². The highest BCUT2D eigenvalue weighted by Gasteiger charge is 2.36. The fourth-order valence-corrected chi connectivity index (χ4v) is 3.20. The SMILES string of the molecule is CC(C)(C)CCCc1cc(O)c(O)c(O)c1CCCC1(C)CC1. The summed E-state index contributed by atoms with van der Waals surface area (Å²) in [7, 11) is 0. The van der Waals surface area contributed by atoms with Crippen molar-refractivity contribution in [1.29, 1.82) is 0 Å². The Hall–Kier alpha value is -1.38. The highest BCUT2D eigenvalue weighted by Crippen LogP contribution is 2.49. The molecule has 23 heavy (non-hydrogen) atoms. The highest BCUT2D eigenvalue weighted by molar-refractivity contribution is 5.57. The van der Waals surface area contributed by atoms with E-state index in [1.54, 1.807) is 6.07 Å². The van der Waals surface area contributed by atoms with Crippen molar-refractivity contribution >= 4 is 0 Å². The molecule has 0 radical (unpaired) electrons. The fourth-order valence-electron chi connectivity index (χ4n) is 3.20. The lowest BCUT2D eigenvalue weighted by Gasteiger charge is -2.19. The number of phenolic OH excluding ortho intramolecular Hbond substituents is 3. The Morgan fingerprint density at radius 1 is 1.00 bits per heavy atom. The molecule has 130 valence electrons. The van der Waals surface area contributed by atoms with Crippen LogP contribution >= 0.6 is 0 Å². The first kappa shape index (κ1) is 18.0. The lowest BCUT2D eigenvalue weighted by Crippen LogP contribution is -2.06. The molecule has 0 unspecified atom stereocenters. The normalized spacial score (nSPS) is 16.5. The molecule has 0 saturated heterocycles. The monoisotopic (exact) mass is 320 g/mol. The van der Waals surface area contributed by atoms with E-state index in [-0.39, 0.29) is 22.7 Å². The maximum absolute atomic E-state index is 10.3. The number of aromatic hydroxyl groups is 3. The Kier molecular flexibility index (Phi) is 5.17. The summed E-state index contributed by atoms with van der Waals surface area (Å²) in [5.41, 5.74) is 2.57. The average Bonchev–Trinajstić information content (AvgIpc) is 3.16. The Balaban J connectivity index is 2.07. The van der Waals surface area contributed by atoms with E-state index in [9.17, 15) is 15.3 Å². The summed E-state index contributed by atoms with van der Waals surface area (Å²) in [5, 5.41) is 29.9. The molecule has 1 aromatic carbocycles. The highest BCUT2D eigenvalue weighted by atomic mass is 16.3. The smallest absolute Gasteiger partial charge is 0.200 e. The Morgan fingerprint density at radius 2 is 1.65 bits per heavy atom. The first-order valence-electron chi connectivity index (χ1n) is 8.87. The summed E-state index contributed by atoms with van der Waals surface area (Å²) in [5.74, 6) is -0.722. The third-order valence-corrected chi connectivity index (χ3v) is 5.13. The molecule has 1 fully saturated rings. The van der Waals surface area contributed by atoms with Gasteiger partial charge in [0.1, 0.15) is 0 Å². The van der Waals surface area contributed by atoms with Crippen LogP contribution in [0.5, 0.6) is 17.2 Å². The Bertz CT molecular complexity index is 551. The number of rotatable bonds is 7. The van der Waals surface area contributed by atoms with Crippen LogP contribution in [0.4, 0.5) is 0 Å². The number of phenols is 3. The number of aryl methyl sites for hydroxylation is 1. The second-order valence-corrected chi connectivity index (χ2v) is 8.81. The molecule has 3 N–H and O–H groups in total. The molecule has 0 aromatic heterocycles. The maximum Gasteiger partial charge on any atom is 0.200 e. The molecule has 0 amide bonds. The zero-order chi connectivity index (χ0) is 17.3. The number of hydrogen-bond acceptors (Lipinski definition) is 3. The first-order valence-corrected chi connectivity index (χ1v) is 8.87. The Labute approximate surface area is 140 Å². The van der Waals surface area contributed by atoms with Gasteiger partial charge < -0.3 is 15.3 Å². The minimum atomic E-state index is -0.378. The molecule has 1 aliphatic carbocycles. The van der Waals surface area contributed by atoms with Gasteiger partial charge in [0, 0.05) is 5.56 Å². The van der Waals surface area contributed by atoms with E-state index in [4.69, 9.17) is 0 Å². The average molecular weight is 320 g/mol. The standard InChI is InChI=1S/C20H32O3/c1-19(2,3)9-5-7-14-13-16(21)18(23)17(22)15(14)8-6-10-20(4)11-12-20/h13,21-23H,5-12H2,1-4H3. The van der Waals surface area contributed by atoms with Crippen LogP contribution in [0, 0.1) is 10.8 Å². The maximum atomic E-state index is 10.3. The van der Waals surface area contributed by atoms with Crippen LogP contribution in [0.3, 0.4) is 0 Å². The van der Waals surface area contributed by atoms with Crippen molar-refractivity contribution in [3.05, 3.63) is 17.2 Å². The first-order chi connectivity index (χ1) is 10.6. The van der Waals surface area contributed by atoms with E-state index in [1.807, 2.05) is 0 Å². The molecule has 2 rings (SSSR count). The van der Waals surface area contributed by atoms with E-state index < -0.39 is 0 Å². The largest absolute Gasteiger partial charge is 0.504 e. The van der Waals surface area contributed by atoms with Gasteiger partial charge in [-0.15, -0.1) is 0 Å². The third kappa shape index (κ3) is 5.05. The summed E-state index contributed by atoms with van der Waals surface area (Å²) in [6.45, 7) is 8.97. The molecule has 1 saturated carbocycles. The second-order valence-electron chi connectivity index (χ2n) is 8.81. The van der Waals surface area contributed by atoms with Gasteiger partial charge in [-0.3, -0.25) is 0 Å². The minimum Gasteiger partial charge on any atom is -0.504 e. The van der Waals surface area contributed by atoms with Gasteiger partial charge in [0.25, 0.3) is 0 Å². The summed E-state index contributed by atoms with van der Waals surface area (Å²) in [6, 6.07) is 1.63. The summed E-state index contributed by atoms with van der Waals surface area (Å²) in [4.78, 5) is 0.